The fourth-order valence-electron chi connectivity index (χ4n) is 7.79. The van der Waals surface area contributed by atoms with Crippen LogP contribution in [-0.2, 0) is 20.4 Å². The molecule has 244 valence electrons. The lowest BCUT2D eigenvalue weighted by molar-refractivity contribution is -0.111. The van der Waals surface area contributed by atoms with Gasteiger partial charge in [-0.1, -0.05) is 21.6 Å². The van der Waals surface area contributed by atoms with Crippen LogP contribution in [0.25, 0.3) is 27.4 Å². The monoisotopic (exact) mass is 822 g/mol. The first-order valence-electron chi connectivity index (χ1n) is 15.5. The number of aromatic nitrogens is 2. The van der Waals surface area contributed by atoms with Gasteiger partial charge in [0.05, 0.1) is 42.0 Å². The summed E-state index contributed by atoms with van der Waals surface area (Å²) < 4.78 is 0.740. The third kappa shape index (κ3) is 3.87. The van der Waals surface area contributed by atoms with Gasteiger partial charge >= 0.3 is 0 Å². The van der Waals surface area contributed by atoms with Crippen LogP contribution in [-0.4, -0.2) is 39.4 Å². The van der Waals surface area contributed by atoms with Gasteiger partial charge in [0.2, 0.25) is 5.43 Å². The van der Waals surface area contributed by atoms with Gasteiger partial charge in [0.25, 0.3) is 0 Å². The SMILES string of the molecule is O=C1C=C(SSC2=CC(=O)C(Br)=C[C@]23C=CNc2c3c3[nH]ccc4cnc(c2=O)c43)[C@@]2(C=CNc3c(O)c4c5c(c32)=NCCC=5C=N4)C=C1Br. The topological polar surface area (TPSA) is 149 Å². The van der Waals surface area contributed by atoms with E-state index in [1.807, 2.05) is 36.6 Å². The van der Waals surface area contributed by atoms with Crippen LogP contribution >= 0.6 is 53.4 Å². The zero-order valence-electron chi connectivity index (χ0n) is 25.4. The van der Waals surface area contributed by atoms with E-state index >= 15 is 0 Å². The summed E-state index contributed by atoms with van der Waals surface area (Å²) in [5, 5.41) is 21.0. The van der Waals surface area contributed by atoms with Crippen molar-refractivity contribution in [3.05, 3.63) is 118 Å². The number of hydrogen-bond acceptors (Lipinski definition) is 11. The van der Waals surface area contributed by atoms with Gasteiger partial charge in [0.15, 0.2) is 17.3 Å². The molecule has 2 aliphatic carbocycles. The van der Waals surface area contributed by atoms with Crippen molar-refractivity contribution in [3.63, 3.8) is 0 Å². The Labute approximate surface area is 306 Å². The second kappa shape index (κ2) is 10.5. The Morgan fingerprint density at radius 1 is 0.900 bits per heavy atom. The highest BCUT2D eigenvalue weighted by molar-refractivity contribution is 9.12. The summed E-state index contributed by atoms with van der Waals surface area (Å²) in [7, 11) is 2.69. The summed E-state index contributed by atoms with van der Waals surface area (Å²) in [4.78, 5) is 59.2. The van der Waals surface area contributed by atoms with E-state index in [1.165, 1.54) is 21.6 Å². The minimum atomic E-state index is -1.04. The average Bonchev–Trinajstić information content (AvgIpc) is 3.76. The van der Waals surface area contributed by atoms with Gasteiger partial charge in [-0.2, -0.15) is 0 Å². The number of carbonyl (C=O) groups excluding carboxylic acids is 2. The maximum absolute atomic E-state index is 13.9. The quantitative estimate of drug-likeness (QED) is 0.144. The van der Waals surface area contributed by atoms with Crippen molar-refractivity contribution in [2.24, 2.45) is 9.98 Å². The Balaban J connectivity index is 1.15. The number of pyridine rings is 1. The molecule has 10 rings (SSSR count). The predicted octanol–water partition coefficient (Wildman–Crippen LogP) is 6.04. The van der Waals surface area contributed by atoms with E-state index in [0.717, 1.165) is 38.0 Å². The molecule has 2 aromatic heterocycles. The number of aromatic amines is 1. The first-order valence-corrected chi connectivity index (χ1v) is 19.3. The number of ketones is 2. The number of nitrogens with one attached hydrogen (secondary N) is 3. The summed E-state index contributed by atoms with van der Waals surface area (Å²) in [5.41, 5.74) is 2.55. The average molecular weight is 825 g/mol. The summed E-state index contributed by atoms with van der Waals surface area (Å²) >= 11 is 7.00. The summed E-state index contributed by atoms with van der Waals surface area (Å²) in [6, 6.07) is 1.88. The van der Waals surface area contributed by atoms with Crippen molar-refractivity contribution in [1.82, 2.24) is 9.97 Å². The highest BCUT2D eigenvalue weighted by Gasteiger charge is 2.47. The molecule has 2 aromatic carbocycles. The Hall–Kier alpha value is -4.50. The van der Waals surface area contributed by atoms with Gasteiger partial charge in [-0.3, -0.25) is 29.4 Å². The first kappa shape index (κ1) is 30.3. The number of hydrogen-bond donors (Lipinski definition) is 4. The van der Waals surface area contributed by atoms with E-state index in [9.17, 15) is 19.5 Å². The number of H-pyrrole nitrogens is 1. The molecule has 0 amide bonds. The van der Waals surface area contributed by atoms with Gasteiger partial charge in [-0.25, -0.2) is 0 Å². The molecule has 0 unspecified atom stereocenters. The number of allylic oxidation sites excluding steroid dienone is 10. The fourth-order valence-corrected chi connectivity index (χ4v) is 11.6. The van der Waals surface area contributed by atoms with E-state index in [0.29, 0.717) is 59.9 Å². The standard InChI is InChI=1S/C36H20Br2N6O4S2/c37-17-11-35(3-7-41-31-25(35)27-23-15(1-5-39-27)13-43-29(23)33(31)47)21(9-19(17)45)49-50-22-10-20(46)18(38)12-36(22)4-8-42-32-26(36)28-24-16(2-6-40-28)14-44-30(24)34(32)48/h1,3-5,7-14,39,41-42,48H,2,6H2/t35-,36-/m1/s1. The number of fused-ring (bicyclic) bond motifs is 6. The van der Waals surface area contributed by atoms with Crippen LogP contribution < -0.4 is 26.6 Å². The zero-order chi connectivity index (χ0) is 34.1. The number of aliphatic imine (C=N–C) groups is 1. The second-order valence-electron chi connectivity index (χ2n) is 12.5. The lowest BCUT2D eigenvalue weighted by atomic mass is 9.73. The molecule has 0 fully saturated rings. The first-order chi connectivity index (χ1) is 24.2. The molecule has 0 saturated carbocycles. The van der Waals surface area contributed by atoms with Gasteiger partial charge in [0, 0.05) is 62.1 Å². The Bertz CT molecular complexity index is 2780. The molecule has 4 aliphatic heterocycles. The Morgan fingerprint density at radius 2 is 1.58 bits per heavy atom. The van der Waals surface area contributed by atoms with Crippen molar-refractivity contribution in [2.45, 2.75) is 17.3 Å². The van der Waals surface area contributed by atoms with Crippen LogP contribution in [0.5, 0.6) is 5.75 Å². The van der Waals surface area contributed by atoms with E-state index in [4.69, 9.17) is 4.99 Å². The van der Waals surface area contributed by atoms with E-state index in [2.05, 4.69) is 57.5 Å². The van der Waals surface area contributed by atoms with Crippen molar-refractivity contribution >= 4 is 116 Å². The van der Waals surface area contributed by atoms with Crippen LogP contribution in [0.4, 0.5) is 17.1 Å². The number of phenols is 1. The molecule has 10 nitrogen and oxygen atoms in total. The largest absolute Gasteiger partial charge is 0.504 e. The molecular weight excluding hydrogens is 804 g/mol. The van der Waals surface area contributed by atoms with Crippen LogP contribution in [0.2, 0.25) is 0 Å². The van der Waals surface area contributed by atoms with Crippen molar-refractivity contribution in [2.75, 3.05) is 17.2 Å². The molecule has 14 heteroatoms. The van der Waals surface area contributed by atoms with Crippen LogP contribution in [0, 0.1) is 0 Å². The summed E-state index contributed by atoms with van der Waals surface area (Å²) in [5.74, 6) is -0.420. The normalized spacial score (nSPS) is 24.1. The van der Waals surface area contributed by atoms with Crippen molar-refractivity contribution in [1.29, 1.82) is 0 Å². The molecule has 2 spiro atoms. The summed E-state index contributed by atoms with van der Waals surface area (Å²) in [6.45, 7) is 0.565. The molecule has 6 heterocycles. The number of carbonyl (C=O) groups is 2. The molecule has 6 aliphatic rings. The lowest BCUT2D eigenvalue weighted by Gasteiger charge is -2.39. The molecule has 4 N–H and O–H groups in total. The number of aromatic hydroxyl groups is 1. The van der Waals surface area contributed by atoms with Crippen molar-refractivity contribution < 1.29 is 14.7 Å². The predicted molar refractivity (Wildman–Crippen MR) is 205 cm³/mol. The third-order valence-electron chi connectivity index (χ3n) is 10.00. The Kier molecular flexibility index (Phi) is 6.38. The molecule has 0 saturated heterocycles. The molecule has 0 radical (unpaired) electrons. The molecule has 2 atom stereocenters. The van der Waals surface area contributed by atoms with E-state index in [-0.39, 0.29) is 22.7 Å². The van der Waals surface area contributed by atoms with Crippen LogP contribution in [0.3, 0.4) is 0 Å². The molecular formula is C36H20Br2N6O4S2. The number of benzene rings is 2. The summed E-state index contributed by atoms with van der Waals surface area (Å²) in [6.07, 6.45) is 20.3. The zero-order valence-corrected chi connectivity index (χ0v) is 30.2. The lowest BCUT2D eigenvalue weighted by Crippen LogP contribution is -2.43. The fraction of sp³-hybridized carbons (Fsp3) is 0.111. The number of nitrogens with zero attached hydrogens (tertiary/aromatic N) is 3. The van der Waals surface area contributed by atoms with Gasteiger partial charge in [0.1, 0.15) is 11.2 Å². The third-order valence-corrected chi connectivity index (χ3v) is 13.9. The molecule has 4 aromatic rings. The van der Waals surface area contributed by atoms with Gasteiger partial charge < -0.3 is 20.7 Å². The van der Waals surface area contributed by atoms with E-state index < -0.39 is 10.8 Å². The second-order valence-corrected chi connectivity index (χ2v) is 16.5. The number of halogens is 2. The minimum absolute atomic E-state index is 0.0202. The Morgan fingerprint density at radius 3 is 2.30 bits per heavy atom. The maximum Gasteiger partial charge on any atom is 0.228 e. The van der Waals surface area contributed by atoms with Crippen LogP contribution in [0.1, 0.15) is 17.5 Å². The highest BCUT2D eigenvalue weighted by Crippen LogP contribution is 2.59. The smallest absolute Gasteiger partial charge is 0.228 e. The van der Waals surface area contributed by atoms with Crippen LogP contribution in [0.15, 0.2) is 101 Å². The van der Waals surface area contributed by atoms with Gasteiger partial charge in [-0.05, 0) is 98.8 Å². The van der Waals surface area contributed by atoms with Crippen molar-refractivity contribution in [3.8, 4) is 5.75 Å². The minimum Gasteiger partial charge on any atom is -0.504 e. The number of anilines is 2. The number of phenolic OH excluding ortho intramolecular Hbond substituents is 1. The van der Waals surface area contributed by atoms with Gasteiger partial charge in [-0.15, -0.1) is 0 Å². The van der Waals surface area contributed by atoms with E-state index in [1.54, 1.807) is 37.0 Å². The molecule has 0 bridgehead atoms. The highest BCUT2D eigenvalue weighted by atomic mass is 79.9. The number of rotatable bonds is 3. The maximum atomic E-state index is 13.9. The molecule has 50 heavy (non-hydrogen) atoms.